The van der Waals surface area contributed by atoms with E-state index < -0.39 is 0 Å². The molecule has 0 bridgehead atoms. The Labute approximate surface area is 134 Å². The molecule has 0 aliphatic carbocycles. The highest BCUT2D eigenvalue weighted by Crippen LogP contribution is 2.23. The van der Waals surface area contributed by atoms with Gasteiger partial charge in [-0.05, 0) is 35.4 Å². The molecular formula is C19H15N3O. The first-order valence-electron chi connectivity index (χ1n) is 7.40. The Morgan fingerprint density at radius 2 is 1.52 bits per heavy atom. The molecule has 0 fully saturated rings. The van der Waals surface area contributed by atoms with E-state index in [1.54, 1.807) is 11.9 Å². The van der Waals surface area contributed by atoms with E-state index >= 15 is 0 Å². The predicted molar refractivity (Wildman–Crippen MR) is 90.9 cm³/mol. The summed E-state index contributed by atoms with van der Waals surface area (Å²) < 4.78 is 5.24. The minimum atomic E-state index is 0.780. The Bertz CT molecular complexity index is 961. The van der Waals surface area contributed by atoms with E-state index in [1.807, 2.05) is 48.5 Å². The van der Waals surface area contributed by atoms with Gasteiger partial charge in [-0.15, -0.1) is 10.2 Å². The Morgan fingerprint density at radius 1 is 0.739 bits per heavy atom. The number of methoxy groups -OCH3 is 1. The molecule has 0 radical (unpaired) electrons. The maximum absolute atomic E-state index is 5.24. The number of hydrogen-bond donors (Lipinski definition) is 0. The molecule has 4 heteroatoms. The summed E-state index contributed by atoms with van der Waals surface area (Å²) in [7, 11) is 1.65. The van der Waals surface area contributed by atoms with Crippen LogP contribution in [0.2, 0.25) is 0 Å². The van der Waals surface area contributed by atoms with Crippen LogP contribution in [0.5, 0.6) is 5.75 Å². The molecule has 0 unspecified atom stereocenters. The number of hydrogen-bond acceptors (Lipinski definition) is 3. The number of fused-ring (bicyclic) bond motifs is 1. The third-order valence-electron chi connectivity index (χ3n) is 3.77. The lowest BCUT2D eigenvalue weighted by Gasteiger charge is -2.04. The van der Waals surface area contributed by atoms with Gasteiger partial charge in [-0.25, -0.2) is 0 Å². The predicted octanol–water partition coefficient (Wildman–Crippen LogP) is 4.10. The van der Waals surface area contributed by atoms with Crippen LogP contribution in [0.25, 0.3) is 27.8 Å². The van der Waals surface area contributed by atoms with Crippen LogP contribution in [0, 0.1) is 0 Å². The molecule has 0 amide bonds. The fraction of sp³-hybridized carbons (Fsp3) is 0.0526. The minimum Gasteiger partial charge on any atom is -0.497 e. The standard InChI is InChI=1S/C19H15N3O/c1-23-17-10-11-18-19(13-17)21-22(20-18)16-9-5-8-15(12-16)14-6-3-2-4-7-14/h2-13H,1H3. The molecule has 0 saturated carbocycles. The van der Waals surface area contributed by atoms with Crippen molar-refractivity contribution < 1.29 is 4.74 Å². The highest BCUT2D eigenvalue weighted by atomic mass is 16.5. The van der Waals surface area contributed by atoms with Crippen molar-refractivity contribution in [1.82, 2.24) is 15.0 Å². The van der Waals surface area contributed by atoms with Gasteiger partial charge in [-0.1, -0.05) is 42.5 Å². The average Bonchev–Trinajstić information content (AvgIpc) is 3.06. The molecule has 0 spiro atoms. The van der Waals surface area contributed by atoms with Crippen molar-refractivity contribution in [3.63, 3.8) is 0 Å². The monoisotopic (exact) mass is 301 g/mol. The van der Waals surface area contributed by atoms with E-state index in [2.05, 4.69) is 34.5 Å². The molecule has 112 valence electrons. The van der Waals surface area contributed by atoms with E-state index in [-0.39, 0.29) is 0 Å². The van der Waals surface area contributed by atoms with Crippen LogP contribution in [-0.2, 0) is 0 Å². The van der Waals surface area contributed by atoms with Gasteiger partial charge in [0.05, 0.1) is 12.8 Å². The summed E-state index contributed by atoms with van der Waals surface area (Å²) >= 11 is 0. The fourth-order valence-electron chi connectivity index (χ4n) is 2.58. The molecule has 0 atom stereocenters. The molecule has 23 heavy (non-hydrogen) atoms. The summed E-state index contributed by atoms with van der Waals surface area (Å²) in [6, 6.07) is 24.2. The summed E-state index contributed by atoms with van der Waals surface area (Å²) in [4.78, 5) is 1.66. The topological polar surface area (TPSA) is 39.9 Å². The second kappa shape index (κ2) is 5.57. The molecule has 4 nitrogen and oxygen atoms in total. The summed E-state index contributed by atoms with van der Waals surface area (Å²) in [6.45, 7) is 0. The fourth-order valence-corrected chi connectivity index (χ4v) is 2.58. The van der Waals surface area contributed by atoms with E-state index in [9.17, 15) is 0 Å². The van der Waals surface area contributed by atoms with Crippen molar-refractivity contribution in [3.8, 4) is 22.6 Å². The average molecular weight is 301 g/mol. The Hall–Kier alpha value is -3.14. The summed E-state index contributed by atoms with van der Waals surface area (Å²) in [5.74, 6) is 0.780. The van der Waals surface area contributed by atoms with Gasteiger partial charge in [0.1, 0.15) is 16.8 Å². The summed E-state index contributed by atoms with van der Waals surface area (Å²) in [6.07, 6.45) is 0. The van der Waals surface area contributed by atoms with Gasteiger partial charge in [-0.3, -0.25) is 0 Å². The smallest absolute Gasteiger partial charge is 0.121 e. The zero-order valence-electron chi connectivity index (χ0n) is 12.7. The van der Waals surface area contributed by atoms with E-state index in [0.717, 1.165) is 28.0 Å². The first kappa shape index (κ1) is 13.5. The lowest BCUT2D eigenvalue weighted by molar-refractivity contribution is 0.415. The Kier molecular flexibility index (Phi) is 3.27. The van der Waals surface area contributed by atoms with Crippen molar-refractivity contribution in [1.29, 1.82) is 0 Å². The molecule has 0 aliphatic rings. The Balaban J connectivity index is 1.79. The van der Waals surface area contributed by atoms with Crippen molar-refractivity contribution in [2.75, 3.05) is 7.11 Å². The molecule has 1 aromatic heterocycles. The van der Waals surface area contributed by atoms with Crippen LogP contribution >= 0.6 is 0 Å². The van der Waals surface area contributed by atoms with Crippen molar-refractivity contribution in [3.05, 3.63) is 72.8 Å². The third-order valence-corrected chi connectivity index (χ3v) is 3.77. The number of nitrogens with zero attached hydrogens (tertiary/aromatic N) is 3. The SMILES string of the molecule is COc1ccc2nn(-c3cccc(-c4ccccc4)c3)nc2c1. The summed E-state index contributed by atoms with van der Waals surface area (Å²) in [5.41, 5.74) is 4.90. The zero-order valence-corrected chi connectivity index (χ0v) is 12.7. The van der Waals surface area contributed by atoms with Gasteiger partial charge in [0.25, 0.3) is 0 Å². The lowest BCUT2D eigenvalue weighted by Crippen LogP contribution is -1.98. The van der Waals surface area contributed by atoms with Gasteiger partial charge in [0.15, 0.2) is 0 Å². The third kappa shape index (κ3) is 2.55. The highest BCUT2D eigenvalue weighted by Gasteiger charge is 2.07. The summed E-state index contributed by atoms with van der Waals surface area (Å²) in [5, 5.41) is 9.10. The molecule has 4 rings (SSSR count). The first-order valence-corrected chi connectivity index (χ1v) is 7.40. The van der Waals surface area contributed by atoms with E-state index in [0.29, 0.717) is 0 Å². The second-order valence-corrected chi connectivity index (χ2v) is 5.26. The van der Waals surface area contributed by atoms with Crippen molar-refractivity contribution >= 4 is 11.0 Å². The largest absolute Gasteiger partial charge is 0.497 e. The molecule has 4 aromatic rings. The molecule has 0 N–H and O–H groups in total. The van der Waals surface area contributed by atoms with Crippen LogP contribution in [0.4, 0.5) is 0 Å². The number of benzene rings is 3. The molecule has 0 aliphatic heterocycles. The normalized spacial score (nSPS) is 10.8. The van der Waals surface area contributed by atoms with Gasteiger partial charge in [0, 0.05) is 6.07 Å². The highest BCUT2D eigenvalue weighted by molar-refractivity contribution is 5.76. The zero-order chi connectivity index (χ0) is 15.6. The van der Waals surface area contributed by atoms with Gasteiger partial charge >= 0.3 is 0 Å². The minimum absolute atomic E-state index is 0.780. The maximum atomic E-state index is 5.24. The van der Waals surface area contributed by atoms with Gasteiger partial charge in [-0.2, -0.15) is 4.80 Å². The number of ether oxygens (including phenoxy) is 1. The Morgan fingerprint density at radius 3 is 2.35 bits per heavy atom. The van der Waals surface area contributed by atoms with Crippen LogP contribution in [-0.4, -0.2) is 22.1 Å². The van der Waals surface area contributed by atoms with Crippen molar-refractivity contribution in [2.24, 2.45) is 0 Å². The van der Waals surface area contributed by atoms with Crippen molar-refractivity contribution in [2.45, 2.75) is 0 Å². The quantitative estimate of drug-likeness (QED) is 0.572. The lowest BCUT2D eigenvalue weighted by atomic mass is 10.1. The number of aromatic nitrogens is 3. The van der Waals surface area contributed by atoms with Gasteiger partial charge < -0.3 is 4.74 Å². The molecule has 0 saturated heterocycles. The second-order valence-electron chi connectivity index (χ2n) is 5.26. The van der Waals surface area contributed by atoms with Gasteiger partial charge in [0.2, 0.25) is 0 Å². The number of rotatable bonds is 3. The van der Waals surface area contributed by atoms with Crippen LogP contribution in [0.15, 0.2) is 72.8 Å². The van der Waals surface area contributed by atoms with Crippen LogP contribution in [0.1, 0.15) is 0 Å². The molecule has 1 heterocycles. The molecular weight excluding hydrogens is 286 g/mol. The van der Waals surface area contributed by atoms with Crippen LogP contribution < -0.4 is 4.74 Å². The first-order chi connectivity index (χ1) is 11.3. The molecule has 3 aromatic carbocycles. The maximum Gasteiger partial charge on any atom is 0.121 e. The van der Waals surface area contributed by atoms with E-state index in [1.165, 1.54) is 5.56 Å². The van der Waals surface area contributed by atoms with E-state index in [4.69, 9.17) is 4.74 Å². The van der Waals surface area contributed by atoms with Crippen LogP contribution in [0.3, 0.4) is 0 Å².